The fraction of sp³-hybridized carbons (Fsp3) is 0.429. The number of fused-ring (bicyclic) bond motifs is 1. The molecule has 9 heteroatoms. The van der Waals surface area contributed by atoms with Crippen molar-refractivity contribution in [3.63, 3.8) is 0 Å². The summed E-state index contributed by atoms with van der Waals surface area (Å²) in [6, 6.07) is 6.47. The van der Waals surface area contributed by atoms with Gasteiger partial charge in [-0.15, -0.1) is 0 Å². The zero-order chi connectivity index (χ0) is 21.3. The lowest BCUT2D eigenvalue weighted by atomic mass is 9.82. The Bertz CT molecular complexity index is 1090. The number of aromatic amines is 1. The number of nitrogens with zero attached hydrogens (tertiary/aromatic N) is 2. The average molecular weight is 413 g/mol. The molecule has 3 heterocycles. The van der Waals surface area contributed by atoms with Crippen molar-refractivity contribution >= 4 is 11.7 Å². The Morgan fingerprint density at radius 2 is 1.97 bits per heavy atom. The lowest BCUT2D eigenvalue weighted by Gasteiger charge is -2.44. The summed E-state index contributed by atoms with van der Waals surface area (Å²) in [7, 11) is 1.55. The van der Waals surface area contributed by atoms with Gasteiger partial charge in [-0.05, 0) is 18.2 Å². The summed E-state index contributed by atoms with van der Waals surface area (Å²) < 4.78 is 12.7. The fourth-order valence-corrected chi connectivity index (χ4v) is 4.04. The van der Waals surface area contributed by atoms with Crippen molar-refractivity contribution in [2.75, 3.05) is 20.2 Å². The Morgan fingerprint density at radius 1 is 1.20 bits per heavy atom. The second kappa shape index (κ2) is 7.81. The lowest BCUT2D eigenvalue weighted by Crippen LogP contribution is -2.52. The van der Waals surface area contributed by atoms with E-state index in [-0.39, 0.29) is 31.1 Å². The van der Waals surface area contributed by atoms with Gasteiger partial charge in [0.1, 0.15) is 17.1 Å². The van der Waals surface area contributed by atoms with Gasteiger partial charge >= 0.3 is 5.69 Å². The van der Waals surface area contributed by atoms with Crippen molar-refractivity contribution in [2.24, 2.45) is 0 Å². The van der Waals surface area contributed by atoms with Crippen molar-refractivity contribution < 1.29 is 19.1 Å². The number of carbonyl (C=O) groups excluding carboxylic acids is 2. The van der Waals surface area contributed by atoms with Gasteiger partial charge in [0.05, 0.1) is 19.1 Å². The minimum Gasteiger partial charge on any atom is -0.497 e. The van der Waals surface area contributed by atoms with Crippen LogP contribution in [0.5, 0.6) is 11.5 Å². The third-order valence-electron chi connectivity index (χ3n) is 5.79. The van der Waals surface area contributed by atoms with Gasteiger partial charge in [0.15, 0.2) is 5.78 Å². The summed E-state index contributed by atoms with van der Waals surface area (Å²) in [5.41, 5.74) is -1.06. The number of carbonyl (C=O) groups is 2. The van der Waals surface area contributed by atoms with Gasteiger partial charge in [-0.2, -0.15) is 0 Å². The molecule has 2 aliphatic rings. The van der Waals surface area contributed by atoms with Crippen LogP contribution in [0.15, 0.2) is 40.1 Å². The molecule has 0 bridgehead atoms. The van der Waals surface area contributed by atoms with E-state index in [1.165, 1.54) is 16.8 Å². The Balaban J connectivity index is 1.37. The number of piperidine rings is 1. The molecule has 0 saturated carbocycles. The fourth-order valence-electron chi connectivity index (χ4n) is 4.04. The molecule has 2 aliphatic heterocycles. The Morgan fingerprint density at radius 3 is 2.67 bits per heavy atom. The molecule has 1 aromatic carbocycles. The Kier molecular flexibility index (Phi) is 5.19. The maximum absolute atomic E-state index is 12.7. The van der Waals surface area contributed by atoms with Gasteiger partial charge in [0.2, 0.25) is 5.91 Å². The van der Waals surface area contributed by atoms with E-state index in [0.717, 1.165) is 0 Å². The number of aryl methyl sites for hydroxylation is 1. The zero-order valence-electron chi connectivity index (χ0n) is 16.7. The highest BCUT2D eigenvalue weighted by atomic mass is 16.5. The smallest absolute Gasteiger partial charge is 0.328 e. The summed E-state index contributed by atoms with van der Waals surface area (Å²) in [6.45, 7) is 1.16. The molecule has 1 fully saturated rings. The second-order valence-corrected chi connectivity index (χ2v) is 7.68. The maximum Gasteiger partial charge on any atom is 0.328 e. The zero-order valence-corrected chi connectivity index (χ0v) is 16.7. The van der Waals surface area contributed by atoms with Crippen LogP contribution in [0.4, 0.5) is 0 Å². The van der Waals surface area contributed by atoms with E-state index in [2.05, 4.69) is 4.98 Å². The second-order valence-electron chi connectivity index (χ2n) is 7.68. The number of amides is 1. The highest BCUT2D eigenvalue weighted by Gasteiger charge is 2.43. The molecule has 0 aliphatic carbocycles. The number of ether oxygens (including phenoxy) is 2. The molecule has 9 nitrogen and oxygen atoms in total. The van der Waals surface area contributed by atoms with E-state index in [1.54, 1.807) is 30.2 Å². The van der Waals surface area contributed by atoms with Crippen molar-refractivity contribution in [2.45, 2.75) is 37.8 Å². The largest absolute Gasteiger partial charge is 0.497 e. The topological polar surface area (TPSA) is 111 Å². The number of rotatable bonds is 4. The van der Waals surface area contributed by atoms with Crippen LogP contribution in [0, 0.1) is 0 Å². The number of Topliss-reactive ketones (excluding diaryl/α,β-unsaturated/α-hetero) is 1. The molecule has 1 aromatic heterocycles. The van der Waals surface area contributed by atoms with Crippen LogP contribution in [0.3, 0.4) is 0 Å². The number of methoxy groups -OCH3 is 1. The third kappa shape index (κ3) is 3.87. The maximum atomic E-state index is 12.7. The van der Waals surface area contributed by atoms with Gasteiger partial charge in [0.25, 0.3) is 5.56 Å². The average Bonchev–Trinajstić information content (AvgIpc) is 2.73. The first kappa shape index (κ1) is 19.9. The minimum absolute atomic E-state index is 0.0207. The van der Waals surface area contributed by atoms with Crippen LogP contribution >= 0.6 is 0 Å². The predicted octanol–water partition coefficient (Wildman–Crippen LogP) is 0.962. The van der Waals surface area contributed by atoms with E-state index >= 15 is 0 Å². The third-order valence-corrected chi connectivity index (χ3v) is 5.79. The van der Waals surface area contributed by atoms with Crippen LogP contribution in [0.2, 0.25) is 0 Å². The van der Waals surface area contributed by atoms with E-state index in [0.29, 0.717) is 43.0 Å². The van der Waals surface area contributed by atoms with Crippen LogP contribution in [0.1, 0.15) is 36.0 Å². The lowest BCUT2D eigenvalue weighted by molar-refractivity contribution is -0.135. The van der Waals surface area contributed by atoms with E-state index in [9.17, 15) is 19.2 Å². The highest BCUT2D eigenvalue weighted by molar-refractivity contribution is 6.00. The molecule has 0 radical (unpaired) electrons. The predicted molar refractivity (Wildman–Crippen MR) is 107 cm³/mol. The number of likely N-dealkylation sites (tertiary alicyclic amines) is 1. The number of hydrogen-bond donors (Lipinski definition) is 1. The summed E-state index contributed by atoms with van der Waals surface area (Å²) in [6.07, 6.45) is 2.94. The van der Waals surface area contributed by atoms with Crippen molar-refractivity contribution in [1.29, 1.82) is 0 Å². The van der Waals surface area contributed by atoms with E-state index in [4.69, 9.17) is 9.47 Å². The first-order chi connectivity index (χ1) is 14.4. The number of benzene rings is 1. The molecular weight excluding hydrogens is 390 g/mol. The SMILES string of the molecule is COc1ccc2c(c1)C(=O)CC1(CCN(C(=O)CCn3ccc(=O)[nH]c3=O)CC1)O2. The van der Waals surface area contributed by atoms with Crippen LogP contribution in [0.25, 0.3) is 0 Å². The molecule has 158 valence electrons. The molecule has 30 heavy (non-hydrogen) atoms. The number of H-pyrrole nitrogens is 1. The van der Waals surface area contributed by atoms with Gasteiger partial charge in [-0.25, -0.2) is 4.79 Å². The molecule has 1 amide bonds. The quantitative estimate of drug-likeness (QED) is 0.799. The van der Waals surface area contributed by atoms with Gasteiger partial charge in [-0.3, -0.25) is 19.4 Å². The molecule has 1 saturated heterocycles. The van der Waals surface area contributed by atoms with Crippen LogP contribution < -0.4 is 20.7 Å². The summed E-state index contributed by atoms with van der Waals surface area (Å²) in [4.78, 5) is 52.0. The molecule has 0 atom stereocenters. The Hall–Kier alpha value is -3.36. The van der Waals surface area contributed by atoms with Gasteiger partial charge in [-0.1, -0.05) is 0 Å². The highest BCUT2D eigenvalue weighted by Crippen LogP contribution is 2.40. The molecule has 4 rings (SSSR count). The number of nitrogens with one attached hydrogen (secondary N) is 1. The summed E-state index contributed by atoms with van der Waals surface area (Å²) in [5, 5.41) is 0. The first-order valence-corrected chi connectivity index (χ1v) is 9.87. The first-order valence-electron chi connectivity index (χ1n) is 9.87. The minimum atomic E-state index is -0.592. The number of ketones is 1. The molecule has 1 N–H and O–H groups in total. The summed E-state index contributed by atoms with van der Waals surface area (Å²) in [5.74, 6) is 1.12. The molecule has 0 unspecified atom stereocenters. The van der Waals surface area contributed by atoms with E-state index in [1.807, 2.05) is 0 Å². The van der Waals surface area contributed by atoms with Crippen LogP contribution in [-0.2, 0) is 11.3 Å². The Labute approximate surface area is 172 Å². The van der Waals surface area contributed by atoms with Crippen molar-refractivity contribution in [1.82, 2.24) is 14.5 Å². The normalized spacial score (nSPS) is 17.4. The van der Waals surface area contributed by atoms with Gasteiger partial charge in [0, 0.05) is 51.2 Å². The molecule has 2 aromatic rings. The number of hydrogen-bond acceptors (Lipinski definition) is 6. The standard InChI is InChI=1S/C21H23N3O6/c1-29-14-2-3-17-15(12-14)16(25)13-21(30-17)6-10-23(11-7-21)19(27)5-9-24-8-4-18(26)22-20(24)28/h2-4,8,12H,5-7,9-11,13H2,1H3,(H,22,26,28). The van der Waals surface area contributed by atoms with Crippen LogP contribution in [-0.4, -0.2) is 51.9 Å². The van der Waals surface area contributed by atoms with Crippen molar-refractivity contribution in [3.8, 4) is 11.5 Å². The molecular formula is C21H23N3O6. The number of aromatic nitrogens is 2. The van der Waals surface area contributed by atoms with Gasteiger partial charge < -0.3 is 18.9 Å². The van der Waals surface area contributed by atoms with E-state index < -0.39 is 16.9 Å². The summed E-state index contributed by atoms with van der Waals surface area (Å²) >= 11 is 0. The van der Waals surface area contributed by atoms with Crippen molar-refractivity contribution in [3.05, 3.63) is 56.9 Å². The molecule has 1 spiro atoms. The monoisotopic (exact) mass is 413 g/mol.